The van der Waals surface area contributed by atoms with Crippen LogP contribution in [0.3, 0.4) is 0 Å². The molecule has 0 spiro atoms. The molecule has 6 nitrogen and oxygen atoms in total. The molecular weight excluding hydrogens is 314 g/mol. The standard InChI is InChI=1S/C16H21NO5Si/c1-10(12-4-3-11(18)9-13(12)19)17-7-2-8-23-20-14-5-6-15(21-23)16(14)22-23/h3-4,9,14-16,18-19H,2,5-8H2,1H3. The van der Waals surface area contributed by atoms with Gasteiger partial charge in [-0.05, 0) is 38.3 Å². The maximum atomic E-state index is 9.85. The highest BCUT2D eigenvalue weighted by Crippen LogP contribution is 2.47. The van der Waals surface area contributed by atoms with Gasteiger partial charge in [-0.1, -0.05) is 0 Å². The molecule has 2 unspecified atom stereocenters. The largest absolute Gasteiger partial charge is 0.508 e. The summed E-state index contributed by atoms with van der Waals surface area (Å²) in [6.45, 7) is 2.49. The fourth-order valence-electron chi connectivity index (χ4n) is 3.68. The van der Waals surface area contributed by atoms with Gasteiger partial charge in [-0.15, -0.1) is 0 Å². The number of aliphatic imine (C=N–C) groups is 1. The number of hydrogen-bond acceptors (Lipinski definition) is 6. The van der Waals surface area contributed by atoms with E-state index in [-0.39, 0.29) is 29.8 Å². The molecule has 2 bridgehead atoms. The Kier molecular flexibility index (Phi) is 3.68. The summed E-state index contributed by atoms with van der Waals surface area (Å²) in [6.07, 6.45) is 3.66. The van der Waals surface area contributed by atoms with E-state index in [1.807, 2.05) is 6.92 Å². The summed E-state index contributed by atoms with van der Waals surface area (Å²) in [5.74, 6) is 0.0856. The van der Waals surface area contributed by atoms with Crippen molar-refractivity contribution in [3.05, 3.63) is 23.8 Å². The summed E-state index contributed by atoms with van der Waals surface area (Å²) in [5, 5.41) is 19.2. The molecule has 7 heteroatoms. The lowest BCUT2D eigenvalue weighted by molar-refractivity contribution is 0.0719. The number of benzene rings is 1. The van der Waals surface area contributed by atoms with Crippen LogP contribution >= 0.6 is 0 Å². The molecule has 1 aliphatic carbocycles. The Balaban J connectivity index is 1.33. The van der Waals surface area contributed by atoms with Crippen molar-refractivity contribution in [3.8, 4) is 11.5 Å². The molecule has 2 heterocycles. The smallest absolute Gasteiger partial charge is 0.502 e. The monoisotopic (exact) mass is 335 g/mol. The predicted octanol–water partition coefficient (Wildman–Crippen LogP) is 2.21. The molecule has 2 aliphatic heterocycles. The van der Waals surface area contributed by atoms with E-state index in [4.69, 9.17) is 13.3 Å². The molecule has 3 aliphatic rings. The highest BCUT2D eigenvalue weighted by atomic mass is 28.4. The van der Waals surface area contributed by atoms with E-state index in [0.717, 1.165) is 31.0 Å². The maximum absolute atomic E-state index is 9.85. The van der Waals surface area contributed by atoms with E-state index >= 15 is 0 Å². The third-order valence-corrected chi connectivity index (χ3v) is 7.73. The van der Waals surface area contributed by atoms with Gasteiger partial charge in [-0.3, -0.25) is 4.99 Å². The van der Waals surface area contributed by atoms with E-state index in [0.29, 0.717) is 12.1 Å². The normalized spacial score (nSPS) is 35.2. The van der Waals surface area contributed by atoms with Gasteiger partial charge >= 0.3 is 8.80 Å². The van der Waals surface area contributed by atoms with Gasteiger partial charge < -0.3 is 23.5 Å². The van der Waals surface area contributed by atoms with Gasteiger partial charge in [-0.2, -0.15) is 0 Å². The molecule has 3 fully saturated rings. The Morgan fingerprint density at radius 3 is 2.61 bits per heavy atom. The van der Waals surface area contributed by atoms with Crippen LogP contribution in [0.25, 0.3) is 0 Å². The van der Waals surface area contributed by atoms with Crippen molar-refractivity contribution in [3.63, 3.8) is 0 Å². The molecule has 1 aromatic rings. The Labute approximate surface area is 136 Å². The van der Waals surface area contributed by atoms with Gasteiger partial charge in [0.2, 0.25) is 0 Å². The summed E-state index contributed by atoms with van der Waals surface area (Å²) < 4.78 is 18.1. The van der Waals surface area contributed by atoms with Gasteiger partial charge in [0.05, 0.1) is 18.3 Å². The van der Waals surface area contributed by atoms with Crippen molar-refractivity contribution in [2.24, 2.45) is 4.99 Å². The SMILES string of the molecule is CC(=NCCC[Si]12OC3CCC(O1)C3O2)c1ccc(O)cc1O. The second-order valence-corrected chi connectivity index (χ2v) is 9.00. The first-order valence-corrected chi connectivity index (χ1v) is 10.1. The first-order valence-electron chi connectivity index (χ1n) is 8.13. The predicted molar refractivity (Wildman–Crippen MR) is 85.9 cm³/mol. The van der Waals surface area contributed by atoms with Crippen LogP contribution < -0.4 is 0 Å². The number of phenols is 2. The zero-order valence-corrected chi connectivity index (χ0v) is 14.1. The van der Waals surface area contributed by atoms with Crippen molar-refractivity contribution in [1.82, 2.24) is 0 Å². The lowest BCUT2D eigenvalue weighted by atomic mass is 10.1. The zero-order valence-electron chi connectivity index (χ0n) is 13.1. The fourth-order valence-corrected chi connectivity index (χ4v) is 6.94. The second kappa shape index (κ2) is 5.59. The summed E-state index contributed by atoms with van der Waals surface area (Å²) in [4.78, 5) is 4.51. The van der Waals surface area contributed by atoms with E-state index in [2.05, 4.69) is 4.99 Å². The zero-order chi connectivity index (χ0) is 16.0. The molecule has 0 amide bonds. The number of nitrogens with zero attached hydrogens (tertiary/aromatic N) is 1. The Morgan fingerprint density at radius 2 is 1.96 bits per heavy atom. The number of hydrogen-bond donors (Lipinski definition) is 2. The Hall–Kier alpha value is -1.41. The number of fused-ring (bicyclic) bond motifs is 1. The summed E-state index contributed by atoms with van der Waals surface area (Å²) >= 11 is 0. The van der Waals surface area contributed by atoms with Gasteiger partial charge in [0.1, 0.15) is 11.5 Å². The highest BCUT2D eigenvalue weighted by Gasteiger charge is 2.65. The number of aromatic hydroxyl groups is 2. The molecule has 124 valence electrons. The van der Waals surface area contributed by atoms with Gasteiger partial charge in [0.25, 0.3) is 0 Å². The first kappa shape index (κ1) is 15.1. The van der Waals surface area contributed by atoms with Crippen molar-refractivity contribution in [2.45, 2.75) is 50.5 Å². The van der Waals surface area contributed by atoms with Gasteiger partial charge in [0.15, 0.2) is 0 Å². The minimum Gasteiger partial charge on any atom is -0.508 e. The number of rotatable bonds is 5. The lowest BCUT2D eigenvalue weighted by Gasteiger charge is -2.23. The minimum absolute atomic E-state index is 0.0419. The lowest BCUT2D eigenvalue weighted by Crippen LogP contribution is -2.41. The van der Waals surface area contributed by atoms with Gasteiger partial charge in [-0.25, -0.2) is 0 Å². The number of phenolic OH excluding ortho intramolecular Hbond substituents is 2. The molecule has 1 saturated carbocycles. The van der Waals surface area contributed by atoms with Crippen molar-refractivity contribution < 1.29 is 23.5 Å². The van der Waals surface area contributed by atoms with Crippen LogP contribution in [0.1, 0.15) is 31.7 Å². The molecule has 2 saturated heterocycles. The van der Waals surface area contributed by atoms with Crippen LogP contribution in [0.5, 0.6) is 11.5 Å². The van der Waals surface area contributed by atoms with Crippen molar-refractivity contribution >= 4 is 14.5 Å². The highest BCUT2D eigenvalue weighted by molar-refractivity contribution is 6.62. The van der Waals surface area contributed by atoms with E-state index < -0.39 is 8.80 Å². The third kappa shape index (κ3) is 2.67. The quantitative estimate of drug-likeness (QED) is 0.490. The van der Waals surface area contributed by atoms with Crippen LogP contribution in [-0.2, 0) is 13.3 Å². The van der Waals surface area contributed by atoms with Crippen LogP contribution in [0.4, 0.5) is 0 Å². The average Bonchev–Trinajstić information content (AvgIpc) is 3.09. The first-order chi connectivity index (χ1) is 11.1. The van der Waals surface area contributed by atoms with E-state index in [9.17, 15) is 10.2 Å². The molecular formula is C16H21NO5Si. The van der Waals surface area contributed by atoms with E-state index in [1.54, 1.807) is 12.1 Å². The van der Waals surface area contributed by atoms with Crippen LogP contribution in [0.2, 0.25) is 6.04 Å². The van der Waals surface area contributed by atoms with Crippen molar-refractivity contribution in [2.75, 3.05) is 6.54 Å². The Morgan fingerprint density at radius 1 is 1.22 bits per heavy atom. The van der Waals surface area contributed by atoms with Crippen molar-refractivity contribution in [1.29, 1.82) is 0 Å². The van der Waals surface area contributed by atoms with Gasteiger partial charge in [0, 0.05) is 29.9 Å². The van der Waals surface area contributed by atoms with E-state index in [1.165, 1.54) is 6.07 Å². The van der Waals surface area contributed by atoms with Crippen LogP contribution in [0.15, 0.2) is 23.2 Å². The summed E-state index contributed by atoms with van der Waals surface area (Å²) in [6, 6.07) is 5.34. The van der Waals surface area contributed by atoms with Crippen LogP contribution in [0, 0.1) is 0 Å². The molecule has 1 aromatic carbocycles. The Bertz CT molecular complexity index is 630. The van der Waals surface area contributed by atoms with Crippen LogP contribution in [-0.4, -0.2) is 49.6 Å². The molecule has 4 rings (SSSR count). The topological polar surface area (TPSA) is 80.5 Å². The molecule has 2 atom stereocenters. The average molecular weight is 335 g/mol. The molecule has 2 N–H and O–H groups in total. The minimum atomic E-state index is -2.42. The molecule has 23 heavy (non-hydrogen) atoms. The fraction of sp³-hybridized carbons (Fsp3) is 0.562. The maximum Gasteiger partial charge on any atom is 0.502 e. The summed E-state index contributed by atoms with van der Waals surface area (Å²) in [5.41, 5.74) is 1.39. The molecule has 0 aromatic heterocycles. The summed E-state index contributed by atoms with van der Waals surface area (Å²) in [7, 11) is -2.42. The second-order valence-electron chi connectivity index (χ2n) is 6.43. The molecule has 0 radical (unpaired) electrons. The third-order valence-electron chi connectivity index (χ3n) is 4.81.